The number of ether oxygens (including phenoxy) is 1. The highest BCUT2D eigenvalue weighted by Gasteiger charge is 2.24. The molecule has 0 saturated heterocycles. The van der Waals surface area contributed by atoms with Crippen molar-refractivity contribution in [1.82, 2.24) is 4.57 Å². The molecule has 1 aliphatic rings. The molecule has 24 heavy (non-hydrogen) atoms. The van der Waals surface area contributed by atoms with Crippen LogP contribution < -0.4 is 0 Å². The third-order valence-electron chi connectivity index (χ3n) is 4.54. The van der Waals surface area contributed by atoms with Gasteiger partial charge in [-0.2, -0.15) is 0 Å². The van der Waals surface area contributed by atoms with E-state index in [0.717, 1.165) is 35.4 Å². The van der Waals surface area contributed by atoms with E-state index < -0.39 is 5.60 Å². The fraction of sp³-hybridized carbons (Fsp3) is 0.476. The Hall–Kier alpha value is -2.03. The van der Waals surface area contributed by atoms with Crippen LogP contribution in [0.5, 0.6) is 0 Å². The standard InChI is InChI=1S/C21H27NO2/c1-14-6-9-16(10-7-14)19-13-17-12-15(2)8-11-18(17)22(19)20(23)24-21(3,4)5/h8-9,11-14H,6-7,10H2,1-5H3. The van der Waals surface area contributed by atoms with E-state index in [-0.39, 0.29) is 6.09 Å². The average Bonchev–Trinajstić information content (AvgIpc) is 2.84. The number of hydrogen-bond donors (Lipinski definition) is 0. The van der Waals surface area contributed by atoms with Gasteiger partial charge in [0, 0.05) is 5.39 Å². The van der Waals surface area contributed by atoms with Crippen LogP contribution in [0.1, 0.15) is 58.2 Å². The van der Waals surface area contributed by atoms with Gasteiger partial charge in [-0.1, -0.05) is 24.6 Å². The topological polar surface area (TPSA) is 31.2 Å². The van der Waals surface area contributed by atoms with Crippen LogP contribution in [0.3, 0.4) is 0 Å². The zero-order valence-electron chi connectivity index (χ0n) is 15.3. The van der Waals surface area contributed by atoms with Crippen LogP contribution in [0.4, 0.5) is 4.79 Å². The molecule has 0 N–H and O–H groups in total. The van der Waals surface area contributed by atoms with Crippen molar-refractivity contribution in [2.75, 3.05) is 0 Å². The number of allylic oxidation sites excluding steroid dienone is 2. The predicted molar refractivity (Wildman–Crippen MR) is 99.3 cm³/mol. The fourth-order valence-corrected chi connectivity index (χ4v) is 3.27. The maximum absolute atomic E-state index is 12.9. The van der Waals surface area contributed by atoms with Crippen molar-refractivity contribution >= 4 is 22.6 Å². The summed E-state index contributed by atoms with van der Waals surface area (Å²) in [6.45, 7) is 10.1. The Balaban J connectivity index is 2.13. The van der Waals surface area contributed by atoms with E-state index in [1.807, 2.05) is 32.9 Å². The molecule has 1 heterocycles. The predicted octanol–water partition coefficient (Wildman–Crippen LogP) is 5.94. The molecule has 1 atom stereocenters. The van der Waals surface area contributed by atoms with E-state index in [4.69, 9.17) is 4.74 Å². The highest BCUT2D eigenvalue weighted by molar-refractivity contribution is 5.95. The zero-order chi connectivity index (χ0) is 17.5. The highest BCUT2D eigenvalue weighted by Crippen LogP contribution is 2.34. The lowest BCUT2D eigenvalue weighted by Gasteiger charge is -2.23. The van der Waals surface area contributed by atoms with Crippen LogP contribution >= 0.6 is 0 Å². The number of aryl methyl sites for hydroxylation is 1. The van der Waals surface area contributed by atoms with Gasteiger partial charge in [0.25, 0.3) is 0 Å². The monoisotopic (exact) mass is 325 g/mol. The highest BCUT2D eigenvalue weighted by atomic mass is 16.6. The summed E-state index contributed by atoms with van der Waals surface area (Å²) in [5.74, 6) is 0.718. The number of benzene rings is 1. The van der Waals surface area contributed by atoms with Gasteiger partial charge >= 0.3 is 6.09 Å². The van der Waals surface area contributed by atoms with Gasteiger partial charge in [-0.3, -0.25) is 0 Å². The van der Waals surface area contributed by atoms with Gasteiger partial charge in [-0.25, -0.2) is 9.36 Å². The molecule has 2 aromatic rings. The quantitative estimate of drug-likeness (QED) is 0.650. The molecular formula is C21H27NO2. The first-order chi connectivity index (χ1) is 11.2. The summed E-state index contributed by atoms with van der Waals surface area (Å²) >= 11 is 0. The first-order valence-corrected chi connectivity index (χ1v) is 8.79. The lowest BCUT2D eigenvalue weighted by atomic mass is 9.89. The first-order valence-electron chi connectivity index (χ1n) is 8.79. The van der Waals surface area contributed by atoms with E-state index in [9.17, 15) is 4.79 Å². The number of aromatic nitrogens is 1. The van der Waals surface area contributed by atoms with Gasteiger partial charge in [-0.05, 0) is 76.6 Å². The third kappa shape index (κ3) is 3.40. The van der Waals surface area contributed by atoms with Crippen LogP contribution in [0.25, 0.3) is 16.5 Å². The molecule has 0 bridgehead atoms. The van der Waals surface area contributed by atoms with E-state index in [1.54, 1.807) is 4.57 Å². The number of rotatable bonds is 1. The second-order valence-corrected chi connectivity index (χ2v) is 8.02. The second-order valence-electron chi connectivity index (χ2n) is 8.02. The minimum absolute atomic E-state index is 0.295. The molecule has 0 spiro atoms. The molecule has 3 heteroatoms. The van der Waals surface area contributed by atoms with Crippen molar-refractivity contribution in [2.24, 2.45) is 5.92 Å². The molecule has 0 fully saturated rings. The van der Waals surface area contributed by atoms with Gasteiger partial charge in [-0.15, -0.1) is 0 Å². The summed E-state index contributed by atoms with van der Waals surface area (Å²) in [6, 6.07) is 8.33. The molecule has 1 aliphatic carbocycles. The maximum Gasteiger partial charge on any atom is 0.419 e. The maximum atomic E-state index is 12.9. The Kier molecular flexibility index (Phi) is 4.29. The SMILES string of the molecule is Cc1ccc2c(c1)cc(C1=CCC(C)CC1)n2C(=O)OC(C)(C)C. The summed E-state index contributed by atoms with van der Waals surface area (Å²) in [5, 5.41) is 1.09. The minimum atomic E-state index is -0.509. The Morgan fingerprint density at radius 2 is 2.00 bits per heavy atom. The van der Waals surface area contributed by atoms with Crippen molar-refractivity contribution in [3.8, 4) is 0 Å². The first kappa shape index (κ1) is 16.8. The smallest absolute Gasteiger partial charge is 0.419 e. The number of carbonyl (C=O) groups is 1. The van der Waals surface area contributed by atoms with Crippen molar-refractivity contribution in [3.05, 3.63) is 41.6 Å². The number of nitrogens with zero attached hydrogens (tertiary/aromatic N) is 1. The summed E-state index contributed by atoms with van der Waals surface area (Å²) in [5.41, 5.74) is 3.85. The van der Waals surface area contributed by atoms with Crippen LogP contribution in [0, 0.1) is 12.8 Å². The Morgan fingerprint density at radius 1 is 1.25 bits per heavy atom. The second kappa shape index (κ2) is 6.12. The van der Waals surface area contributed by atoms with E-state index in [1.165, 1.54) is 17.6 Å². The van der Waals surface area contributed by atoms with Crippen molar-refractivity contribution in [1.29, 1.82) is 0 Å². The third-order valence-corrected chi connectivity index (χ3v) is 4.54. The van der Waals surface area contributed by atoms with Crippen LogP contribution in [-0.2, 0) is 4.74 Å². The number of hydrogen-bond acceptors (Lipinski definition) is 2. The van der Waals surface area contributed by atoms with Gasteiger partial charge in [0.15, 0.2) is 0 Å². The Morgan fingerprint density at radius 3 is 2.62 bits per heavy atom. The van der Waals surface area contributed by atoms with Crippen LogP contribution in [0.15, 0.2) is 30.3 Å². The van der Waals surface area contributed by atoms with Crippen LogP contribution in [0.2, 0.25) is 0 Å². The molecule has 3 rings (SSSR count). The molecule has 3 nitrogen and oxygen atoms in total. The zero-order valence-corrected chi connectivity index (χ0v) is 15.3. The molecule has 1 aromatic carbocycles. The largest absolute Gasteiger partial charge is 0.443 e. The van der Waals surface area contributed by atoms with Crippen LogP contribution in [-0.4, -0.2) is 16.3 Å². The number of fused-ring (bicyclic) bond motifs is 1. The van der Waals surface area contributed by atoms with Gasteiger partial charge in [0.05, 0.1) is 11.2 Å². The van der Waals surface area contributed by atoms with E-state index in [0.29, 0.717) is 0 Å². The van der Waals surface area contributed by atoms with Gasteiger partial charge in [0.2, 0.25) is 0 Å². The van der Waals surface area contributed by atoms with Crippen molar-refractivity contribution in [2.45, 2.75) is 59.5 Å². The molecule has 1 aromatic heterocycles. The molecule has 0 radical (unpaired) electrons. The minimum Gasteiger partial charge on any atom is -0.443 e. The van der Waals surface area contributed by atoms with E-state index >= 15 is 0 Å². The molecule has 1 unspecified atom stereocenters. The van der Waals surface area contributed by atoms with E-state index in [2.05, 4.69) is 32.1 Å². The normalized spacial score (nSPS) is 18.5. The summed E-state index contributed by atoms with van der Waals surface area (Å²) in [7, 11) is 0. The van der Waals surface area contributed by atoms with Crippen molar-refractivity contribution < 1.29 is 9.53 Å². The molecule has 0 saturated carbocycles. The Bertz CT molecular complexity index is 805. The molecule has 0 aliphatic heterocycles. The summed E-state index contributed by atoms with van der Waals surface area (Å²) in [4.78, 5) is 12.9. The lowest BCUT2D eigenvalue weighted by Crippen LogP contribution is -2.28. The molecule has 128 valence electrons. The average molecular weight is 325 g/mol. The lowest BCUT2D eigenvalue weighted by molar-refractivity contribution is 0.0543. The van der Waals surface area contributed by atoms with Gasteiger partial charge in [0.1, 0.15) is 5.60 Å². The number of carbonyl (C=O) groups excluding carboxylic acids is 1. The fourth-order valence-electron chi connectivity index (χ4n) is 3.27. The van der Waals surface area contributed by atoms with Crippen molar-refractivity contribution in [3.63, 3.8) is 0 Å². The van der Waals surface area contributed by atoms with Gasteiger partial charge < -0.3 is 4.74 Å². The summed E-state index contributed by atoms with van der Waals surface area (Å²) in [6.07, 6.45) is 5.25. The summed E-state index contributed by atoms with van der Waals surface area (Å²) < 4.78 is 7.42. The molecular weight excluding hydrogens is 298 g/mol. The Labute approximate surface area is 144 Å². The molecule has 0 amide bonds.